The zero-order chi connectivity index (χ0) is 13.3. The van der Waals surface area contributed by atoms with E-state index in [4.69, 9.17) is 10.5 Å². The summed E-state index contributed by atoms with van der Waals surface area (Å²) in [5.41, 5.74) is 8.42. The molecule has 0 fully saturated rings. The van der Waals surface area contributed by atoms with Crippen LogP contribution in [0.25, 0.3) is 0 Å². The van der Waals surface area contributed by atoms with E-state index in [1.807, 2.05) is 26.0 Å². The maximum atomic E-state index is 12.3. The van der Waals surface area contributed by atoms with Crippen molar-refractivity contribution in [2.75, 3.05) is 12.8 Å². The molecule has 1 aromatic heterocycles. The number of aromatic nitrogens is 2. The van der Waals surface area contributed by atoms with Crippen LogP contribution in [-0.2, 0) is 0 Å². The smallest absolute Gasteiger partial charge is 0.198 e. The minimum atomic E-state index is -0.135. The van der Waals surface area contributed by atoms with Gasteiger partial charge in [0.25, 0.3) is 0 Å². The van der Waals surface area contributed by atoms with E-state index in [9.17, 15) is 4.79 Å². The van der Waals surface area contributed by atoms with Gasteiger partial charge >= 0.3 is 0 Å². The summed E-state index contributed by atoms with van der Waals surface area (Å²) >= 11 is 0. The van der Waals surface area contributed by atoms with Crippen LogP contribution in [0.15, 0.2) is 18.3 Å². The zero-order valence-electron chi connectivity index (χ0n) is 10.6. The highest BCUT2D eigenvalue weighted by Crippen LogP contribution is 2.25. The minimum absolute atomic E-state index is 0.135. The first-order valence-electron chi connectivity index (χ1n) is 5.53. The number of aromatic amines is 1. The predicted octanol–water partition coefficient (Wildman–Crippen LogP) is 1.85. The number of ketones is 1. The molecule has 0 aliphatic rings. The van der Waals surface area contributed by atoms with Gasteiger partial charge in [0.15, 0.2) is 5.78 Å². The van der Waals surface area contributed by atoms with Gasteiger partial charge in [-0.1, -0.05) is 0 Å². The van der Waals surface area contributed by atoms with Crippen LogP contribution in [0.3, 0.4) is 0 Å². The summed E-state index contributed by atoms with van der Waals surface area (Å²) in [6.07, 6.45) is 1.44. The fourth-order valence-electron chi connectivity index (χ4n) is 1.88. The molecule has 3 N–H and O–H groups in total. The first-order valence-corrected chi connectivity index (χ1v) is 5.53. The van der Waals surface area contributed by atoms with Crippen molar-refractivity contribution in [1.29, 1.82) is 0 Å². The largest absolute Gasteiger partial charge is 0.496 e. The van der Waals surface area contributed by atoms with E-state index in [1.54, 1.807) is 7.11 Å². The average molecular weight is 245 g/mol. The van der Waals surface area contributed by atoms with E-state index in [1.165, 1.54) is 6.20 Å². The van der Waals surface area contributed by atoms with Crippen LogP contribution in [0.1, 0.15) is 27.0 Å². The molecule has 0 bridgehead atoms. The van der Waals surface area contributed by atoms with Crippen molar-refractivity contribution in [3.8, 4) is 5.75 Å². The highest BCUT2D eigenvalue weighted by molar-refractivity contribution is 6.12. The molecule has 1 heterocycles. The number of carbonyl (C=O) groups is 1. The molecule has 2 rings (SSSR count). The molecule has 94 valence electrons. The lowest BCUT2D eigenvalue weighted by atomic mass is 9.98. The lowest BCUT2D eigenvalue weighted by Gasteiger charge is -2.10. The molecule has 0 aliphatic heterocycles. The Bertz CT molecular complexity index is 602. The van der Waals surface area contributed by atoms with Gasteiger partial charge < -0.3 is 10.5 Å². The molecule has 0 radical (unpaired) electrons. The molecule has 0 saturated carbocycles. The number of anilines is 1. The van der Waals surface area contributed by atoms with Crippen LogP contribution in [0.2, 0.25) is 0 Å². The van der Waals surface area contributed by atoms with Crippen LogP contribution in [0, 0.1) is 13.8 Å². The Balaban J connectivity index is 2.49. The van der Waals surface area contributed by atoms with Crippen LogP contribution in [0.5, 0.6) is 5.75 Å². The number of H-pyrrole nitrogens is 1. The van der Waals surface area contributed by atoms with Crippen molar-refractivity contribution in [3.05, 3.63) is 40.6 Å². The third-order valence-corrected chi connectivity index (χ3v) is 2.90. The molecule has 0 atom stereocenters. The molecule has 0 saturated heterocycles. The number of nitrogen functional groups attached to an aromatic ring is 1. The van der Waals surface area contributed by atoms with E-state index in [0.29, 0.717) is 11.1 Å². The molecule has 0 amide bonds. The van der Waals surface area contributed by atoms with Crippen LogP contribution >= 0.6 is 0 Å². The van der Waals surface area contributed by atoms with Crippen LogP contribution < -0.4 is 10.5 Å². The lowest BCUT2D eigenvalue weighted by Crippen LogP contribution is -2.06. The third kappa shape index (κ3) is 1.95. The van der Waals surface area contributed by atoms with E-state index in [0.717, 1.165) is 16.9 Å². The summed E-state index contributed by atoms with van der Waals surface area (Å²) in [4.78, 5) is 12.3. The normalized spacial score (nSPS) is 10.4. The Kier molecular flexibility index (Phi) is 3.06. The molecule has 1 aromatic carbocycles. The van der Waals surface area contributed by atoms with Gasteiger partial charge in [0.05, 0.1) is 18.9 Å². The van der Waals surface area contributed by atoms with Gasteiger partial charge in [-0.2, -0.15) is 5.10 Å². The van der Waals surface area contributed by atoms with Gasteiger partial charge in [-0.15, -0.1) is 0 Å². The lowest BCUT2D eigenvalue weighted by molar-refractivity contribution is 0.103. The Morgan fingerprint density at radius 1 is 1.28 bits per heavy atom. The number of aryl methyl sites for hydroxylation is 2. The SMILES string of the molecule is COc1cc(C)c(C(=O)c2cn[nH]c2N)cc1C. The number of nitrogens with zero attached hydrogens (tertiary/aromatic N) is 1. The monoisotopic (exact) mass is 245 g/mol. The first-order chi connectivity index (χ1) is 8.54. The summed E-state index contributed by atoms with van der Waals surface area (Å²) in [6.45, 7) is 3.76. The highest BCUT2D eigenvalue weighted by atomic mass is 16.5. The van der Waals surface area contributed by atoms with Crippen molar-refractivity contribution >= 4 is 11.6 Å². The number of nitrogens with one attached hydrogen (secondary N) is 1. The number of hydrogen-bond donors (Lipinski definition) is 2. The zero-order valence-corrected chi connectivity index (χ0v) is 10.6. The summed E-state index contributed by atoms with van der Waals surface area (Å²) in [5.74, 6) is 0.918. The molecule has 18 heavy (non-hydrogen) atoms. The van der Waals surface area contributed by atoms with Gasteiger partial charge in [-0.3, -0.25) is 9.89 Å². The van der Waals surface area contributed by atoms with E-state index < -0.39 is 0 Å². The molecule has 5 nitrogen and oxygen atoms in total. The van der Waals surface area contributed by atoms with Gasteiger partial charge in [-0.05, 0) is 37.1 Å². The van der Waals surface area contributed by atoms with Gasteiger partial charge in [0, 0.05) is 5.56 Å². The molecular weight excluding hydrogens is 230 g/mol. The highest BCUT2D eigenvalue weighted by Gasteiger charge is 2.17. The summed E-state index contributed by atoms with van der Waals surface area (Å²) in [7, 11) is 1.61. The number of nitrogens with two attached hydrogens (primary N) is 1. The second-order valence-electron chi connectivity index (χ2n) is 4.16. The number of methoxy groups -OCH3 is 1. The first kappa shape index (κ1) is 12.2. The van der Waals surface area contributed by atoms with Crippen molar-refractivity contribution in [2.45, 2.75) is 13.8 Å². The maximum absolute atomic E-state index is 12.3. The van der Waals surface area contributed by atoms with Gasteiger partial charge in [0.1, 0.15) is 11.6 Å². The Labute approximate surface area is 105 Å². The standard InChI is InChI=1S/C13H15N3O2/c1-7-5-11(18-3)8(2)4-9(7)12(17)10-6-15-16-13(10)14/h4-6H,1-3H3,(H3,14,15,16). The minimum Gasteiger partial charge on any atom is -0.496 e. The third-order valence-electron chi connectivity index (χ3n) is 2.90. The number of ether oxygens (including phenoxy) is 1. The topological polar surface area (TPSA) is 81.0 Å². The van der Waals surface area contributed by atoms with Crippen molar-refractivity contribution in [3.63, 3.8) is 0 Å². The Hall–Kier alpha value is -2.30. The number of rotatable bonds is 3. The predicted molar refractivity (Wildman–Crippen MR) is 68.9 cm³/mol. The summed E-state index contributed by atoms with van der Waals surface area (Å²) in [5, 5.41) is 6.32. The van der Waals surface area contributed by atoms with Crippen LogP contribution in [0.4, 0.5) is 5.82 Å². The molecule has 2 aromatic rings. The number of hydrogen-bond acceptors (Lipinski definition) is 4. The van der Waals surface area contributed by atoms with Gasteiger partial charge in [-0.25, -0.2) is 0 Å². The fourth-order valence-corrected chi connectivity index (χ4v) is 1.88. The molecular formula is C13H15N3O2. The Morgan fingerprint density at radius 3 is 2.56 bits per heavy atom. The van der Waals surface area contributed by atoms with Crippen molar-refractivity contribution in [2.24, 2.45) is 0 Å². The number of carbonyl (C=O) groups excluding carboxylic acids is 1. The average Bonchev–Trinajstić information content (AvgIpc) is 2.77. The van der Waals surface area contributed by atoms with E-state index in [2.05, 4.69) is 10.2 Å². The maximum Gasteiger partial charge on any atom is 0.198 e. The number of benzene rings is 1. The van der Waals surface area contributed by atoms with E-state index >= 15 is 0 Å². The fraction of sp³-hybridized carbons (Fsp3) is 0.231. The van der Waals surface area contributed by atoms with Gasteiger partial charge in [0.2, 0.25) is 0 Å². The quantitative estimate of drug-likeness (QED) is 0.808. The summed E-state index contributed by atoms with van der Waals surface area (Å²) in [6, 6.07) is 3.65. The Morgan fingerprint density at radius 2 is 2.00 bits per heavy atom. The van der Waals surface area contributed by atoms with Crippen LogP contribution in [-0.4, -0.2) is 23.1 Å². The molecule has 5 heteroatoms. The summed E-state index contributed by atoms with van der Waals surface area (Å²) < 4.78 is 5.22. The second kappa shape index (κ2) is 4.52. The molecule has 0 spiro atoms. The second-order valence-corrected chi connectivity index (χ2v) is 4.16. The van der Waals surface area contributed by atoms with E-state index in [-0.39, 0.29) is 11.6 Å². The van der Waals surface area contributed by atoms with Crippen molar-refractivity contribution in [1.82, 2.24) is 10.2 Å². The van der Waals surface area contributed by atoms with Crippen molar-refractivity contribution < 1.29 is 9.53 Å². The molecule has 0 aliphatic carbocycles. The molecule has 0 unspecified atom stereocenters.